The summed E-state index contributed by atoms with van der Waals surface area (Å²) in [4.78, 5) is 14.5. The summed E-state index contributed by atoms with van der Waals surface area (Å²) in [5, 5.41) is 0.256. The van der Waals surface area contributed by atoms with Gasteiger partial charge in [0.15, 0.2) is 0 Å². The minimum Gasteiger partial charge on any atom is -0.362 e. The predicted molar refractivity (Wildman–Crippen MR) is 150 cm³/mol. The molecule has 1 heterocycles. The van der Waals surface area contributed by atoms with Crippen molar-refractivity contribution >= 4 is 39.2 Å². The molecule has 238 valence electrons. The molecule has 0 radical (unpaired) electrons. The molecular formula is C29H25Cl2F6NO5S. The van der Waals surface area contributed by atoms with Crippen molar-refractivity contribution in [2.75, 3.05) is 26.3 Å². The molecule has 0 bridgehead atoms. The first kappa shape index (κ1) is 34.0. The van der Waals surface area contributed by atoms with Gasteiger partial charge in [0, 0.05) is 12.1 Å². The minimum atomic E-state index is -5.09. The molecule has 3 aromatic rings. The van der Waals surface area contributed by atoms with E-state index in [4.69, 9.17) is 32.1 Å². The van der Waals surface area contributed by atoms with Crippen LogP contribution in [0, 0.1) is 6.92 Å². The maximum Gasteiger partial charge on any atom is 0.416 e. The molecule has 1 aliphatic rings. The lowest BCUT2D eigenvalue weighted by Gasteiger charge is -2.44. The number of nitrogens with zero attached hydrogens (tertiary/aromatic N) is 1. The number of hydrogen-bond acceptors (Lipinski definition) is 5. The smallest absolute Gasteiger partial charge is 0.362 e. The van der Waals surface area contributed by atoms with E-state index in [1.54, 1.807) is 6.92 Å². The van der Waals surface area contributed by atoms with E-state index < -0.39 is 57.1 Å². The third-order valence-corrected chi connectivity index (χ3v) is 9.16. The van der Waals surface area contributed by atoms with Crippen LogP contribution in [0.4, 0.5) is 26.3 Å². The van der Waals surface area contributed by atoms with Crippen LogP contribution in [0.1, 0.15) is 40.3 Å². The number of alkyl halides is 6. The van der Waals surface area contributed by atoms with Gasteiger partial charge < -0.3 is 9.64 Å². The number of halogens is 8. The lowest BCUT2D eigenvalue weighted by molar-refractivity contribution is -0.147. The fourth-order valence-corrected chi connectivity index (χ4v) is 6.44. The number of hydrogen-bond donors (Lipinski definition) is 0. The Hall–Kier alpha value is -2.84. The standard InChI is InChI=1S/C29H25Cl2F6NO5S/c1-3-43-44(40,41)25-7-4-17(2)10-22(25)27(19-5-6-23(30)24(31)15-19)16-38(8-9-42-27)26(39)13-18-11-20(28(32,33)34)14-21(12-18)29(35,36)37/h4-7,10-12,14-15H,3,8-9,13,16H2,1-2H3. The van der Waals surface area contributed by atoms with E-state index in [0.29, 0.717) is 23.3 Å². The second-order valence-corrected chi connectivity index (χ2v) is 12.5. The van der Waals surface area contributed by atoms with Gasteiger partial charge >= 0.3 is 12.4 Å². The summed E-state index contributed by atoms with van der Waals surface area (Å²) in [5.41, 5.74) is -4.31. The third-order valence-electron chi connectivity index (χ3n) is 6.98. The molecule has 1 aliphatic heterocycles. The normalized spacial score (nSPS) is 18.0. The second-order valence-electron chi connectivity index (χ2n) is 10.1. The molecular weight excluding hydrogens is 659 g/mol. The first-order chi connectivity index (χ1) is 20.4. The lowest BCUT2D eigenvalue weighted by Crippen LogP contribution is -2.53. The third kappa shape index (κ3) is 7.17. The Morgan fingerprint density at radius 2 is 1.59 bits per heavy atom. The zero-order chi connectivity index (χ0) is 32.7. The number of morpholine rings is 1. The molecule has 4 rings (SSSR count). The van der Waals surface area contributed by atoms with E-state index >= 15 is 0 Å². The Morgan fingerprint density at radius 1 is 0.955 bits per heavy atom. The van der Waals surface area contributed by atoms with Gasteiger partial charge in [0.1, 0.15) is 10.5 Å². The Morgan fingerprint density at radius 3 is 2.16 bits per heavy atom. The van der Waals surface area contributed by atoms with E-state index in [0.717, 1.165) is 0 Å². The van der Waals surface area contributed by atoms with Gasteiger partial charge in [-0.25, -0.2) is 0 Å². The highest BCUT2D eigenvalue weighted by Crippen LogP contribution is 2.43. The molecule has 1 saturated heterocycles. The summed E-state index contributed by atoms with van der Waals surface area (Å²) in [6, 6.07) is 9.75. The SMILES string of the molecule is CCOS(=O)(=O)c1ccc(C)cc1C1(c2ccc(Cl)c(Cl)c2)CN(C(=O)Cc2cc(C(F)(F)F)cc(C(F)(F)F)c2)CCO1. The van der Waals surface area contributed by atoms with Crippen molar-refractivity contribution in [3.63, 3.8) is 0 Å². The minimum absolute atomic E-state index is 0.0178. The number of carbonyl (C=O) groups excluding carboxylic acids is 1. The number of amides is 1. The number of aryl methyl sites for hydroxylation is 1. The quantitative estimate of drug-likeness (QED) is 0.192. The molecule has 1 unspecified atom stereocenters. The largest absolute Gasteiger partial charge is 0.416 e. The summed E-state index contributed by atoms with van der Waals surface area (Å²) in [6.45, 7) is 2.36. The topological polar surface area (TPSA) is 72.9 Å². The van der Waals surface area contributed by atoms with E-state index in [1.807, 2.05) is 0 Å². The molecule has 0 aromatic heterocycles. The molecule has 44 heavy (non-hydrogen) atoms. The van der Waals surface area contributed by atoms with Crippen LogP contribution in [-0.4, -0.2) is 45.5 Å². The maximum atomic E-state index is 13.5. The summed E-state index contributed by atoms with van der Waals surface area (Å²) < 4.78 is 118. The van der Waals surface area contributed by atoms with Crippen LogP contribution in [0.5, 0.6) is 0 Å². The van der Waals surface area contributed by atoms with Crippen LogP contribution in [0.2, 0.25) is 10.0 Å². The predicted octanol–water partition coefficient (Wildman–Crippen LogP) is 7.41. The summed E-state index contributed by atoms with van der Waals surface area (Å²) in [5.74, 6) is -0.813. The molecule has 3 aromatic carbocycles. The van der Waals surface area contributed by atoms with Crippen LogP contribution < -0.4 is 0 Å². The van der Waals surface area contributed by atoms with Gasteiger partial charge in [0.2, 0.25) is 5.91 Å². The van der Waals surface area contributed by atoms with Gasteiger partial charge in [0.05, 0.1) is 47.4 Å². The van der Waals surface area contributed by atoms with Crippen molar-refractivity contribution in [3.05, 3.63) is 98.0 Å². The monoisotopic (exact) mass is 683 g/mol. The molecule has 1 fully saturated rings. The van der Waals surface area contributed by atoms with E-state index in [1.165, 1.54) is 48.2 Å². The second kappa shape index (κ2) is 12.5. The molecule has 15 heteroatoms. The number of carbonyl (C=O) groups is 1. The van der Waals surface area contributed by atoms with Crippen LogP contribution in [0.3, 0.4) is 0 Å². The average Bonchev–Trinajstić information content (AvgIpc) is 2.93. The highest BCUT2D eigenvalue weighted by molar-refractivity contribution is 7.86. The Labute approximate surface area is 259 Å². The molecule has 0 saturated carbocycles. The van der Waals surface area contributed by atoms with Gasteiger partial charge in [-0.05, 0) is 61.4 Å². The fourth-order valence-electron chi connectivity index (χ4n) is 4.98. The van der Waals surface area contributed by atoms with Gasteiger partial charge in [0.25, 0.3) is 10.1 Å². The van der Waals surface area contributed by atoms with Gasteiger partial charge in [-0.15, -0.1) is 0 Å². The summed E-state index contributed by atoms with van der Waals surface area (Å²) in [6.07, 6.45) is -11.0. The first-order valence-electron chi connectivity index (χ1n) is 13.0. The zero-order valence-electron chi connectivity index (χ0n) is 23.2. The lowest BCUT2D eigenvalue weighted by atomic mass is 9.83. The van der Waals surface area contributed by atoms with Crippen LogP contribution in [0.15, 0.2) is 59.5 Å². The number of benzene rings is 3. The Bertz CT molecular complexity index is 1650. The van der Waals surface area contributed by atoms with E-state index in [-0.39, 0.29) is 52.9 Å². The molecule has 1 atom stereocenters. The molecule has 1 amide bonds. The molecule has 0 spiro atoms. The van der Waals surface area contributed by atoms with Crippen LogP contribution >= 0.6 is 23.2 Å². The zero-order valence-corrected chi connectivity index (χ0v) is 25.5. The van der Waals surface area contributed by atoms with Crippen molar-refractivity contribution in [3.8, 4) is 0 Å². The molecule has 0 N–H and O–H groups in total. The van der Waals surface area contributed by atoms with Crippen molar-refractivity contribution in [1.29, 1.82) is 0 Å². The number of ether oxygens (including phenoxy) is 1. The Balaban J connectivity index is 1.83. The highest BCUT2D eigenvalue weighted by atomic mass is 35.5. The van der Waals surface area contributed by atoms with Crippen molar-refractivity contribution in [1.82, 2.24) is 4.90 Å². The van der Waals surface area contributed by atoms with Crippen molar-refractivity contribution in [2.45, 2.75) is 43.1 Å². The highest BCUT2D eigenvalue weighted by Gasteiger charge is 2.45. The fraction of sp³-hybridized carbons (Fsp3) is 0.345. The van der Waals surface area contributed by atoms with Gasteiger partial charge in [-0.2, -0.15) is 34.8 Å². The van der Waals surface area contributed by atoms with Gasteiger partial charge in [-0.1, -0.05) is 47.0 Å². The summed E-state index contributed by atoms with van der Waals surface area (Å²) in [7, 11) is -4.35. The Kier molecular flexibility index (Phi) is 9.68. The maximum absolute atomic E-state index is 13.5. The van der Waals surface area contributed by atoms with E-state index in [2.05, 4.69) is 0 Å². The van der Waals surface area contributed by atoms with Crippen LogP contribution in [-0.2, 0) is 48.2 Å². The molecule has 6 nitrogen and oxygen atoms in total. The average molecular weight is 684 g/mol. The first-order valence-corrected chi connectivity index (χ1v) is 15.2. The van der Waals surface area contributed by atoms with Crippen molar-refractivity contribution < 1.29 is 48.5 Å². The number of rotatable bonds is 7. The summed E-state index contributed by atoms with van der Waals surface area (Å²) >= 11 is 12.4. The van der Waals surface area contributed by atoms with Crippen LogP contribution in [0.25, 0.3) is 0 Å². The van der Waals surface area contributed by atoms with Gasteiger partial charge in [-0.3, -0.25) is 8.98 Å². The van der Waals surface area contributed by atoms with Crippen molar-refractivity contribution in [2.24, 2.45) is 0 Å². The van der Waals surface area contributed by atoms with E-state index in [9.17, 15) is 39.6 Å². The molecule has 0 aliphatic carbocycles.